The van der Waals surface area contributed by atoms with E-state index in [2.05, 4.69) is 22.0 Å². The summed E-state index contributed by atoms with van der Waals surface area (Å²) in [5, 5.41) is 1.94. The molecule has 2 unspecified atom stereocenters. The summed E-state index contributed by atoms with van der Waals surface area (Å²) in [4.78, 5) is 0. The molecule has 0 spiro atoms. The maximum Gasteiger partial charge on any atom is 0.437 e. The van der Waals surface area contributed by atoms with Crippen LogP contribution < -0.4 is 5.32 Å². The molecule has 1 rings (SSSR count). The van der Waals surface area contributed by atoms with Crippen LogP contribution in [0.15, 0.2) is 17.3 Å². The third-order valence-electron chi connectivity index (χ3n) is 2.76. The average molecular weight is 495 g/mol. The van der Waals surface area contributed by atoms with Crippen LogP contribution in [-0.2, 0) is 0 Å². The molecule has 0 saturated heterocycles. The van der Waals surface area contributed by atoms with Crippen molar-refractivity contribution in [1.82, 2.24) is 5.32 Å². The molecule has 10 heteroatoms. The largest absolute Gasteiger partial charge is 0.437 e. The van der Waals surface area contributed by atoms with Crippen LogP contribution in [0.25, 0.3) is 0 Å². The lowest BCUT2D eigenvalue weighted by Gasteiger charge is -2.40. The van der Waals surface area contributed by atoms with E-state index in [1.807, 2.05) is 5.32 Å². The van der Waals surface area contributed by atoms with E-state index >= 15 is 0 Å². The molecule has 1 nitrogen and oxygen atoms in total. The first kappa shape index (κ1) is 19.0. The molecule has 0 fully saturated rings. The van der Waals surface area contributed by atoms with Crippen molar-refractivity contribution in [1.29, 1.82) is 0 Å². The minimum Gasteiger partial charge on any atom is -0.366 e. The smallest absolute Gasteiger partial charge is 0.366 e. The first-order valence-electron chi connectivity index (χ1n) is 5.42. The summed E-state index contributed by atoms with van der Waals surface area (Å²) >= 11 is 4.75. The zero-order chi connectivity index (χ0) is 16.9. The second-order valence-corrected chi connectivity index (χ2v) is 7.59. The molecule has 0 aliphatic carbocycles. The number of hydrogen-bond acceptors (Lipinski definition) is 1. The van der Waals surface area contributed by atoms with E-state index < -0.39 is 32.1 Å². The van der Waals surface area contributed by atoms with Crippen LogP contribution in [0.1, 0.15) is 13.8 Å². The standard InChI is InChI=1S/C11H9BrF7IN/c1-5-3-7(21-8(12,4-5)6(2)20)9(13,10(14,15)16)11(17,18)19/h3,6,21H,1-2H3. The van der Waals surface area contributed by atoms with Crippen molar-refractivity contribution in [3.63, 3.8) is 0 Å². The highest BCUT2D eigenvalue weighted by molar-refractivity contribution is 14.1. The normalized spacial score (nSPS) is 25.9. The highest BCUT2D eigenvalue weighted by Gasteiger charge is 2.75. The van der Waals surface area contributed by atoms with Crippen molar-refractivity contribution in [2.24, 2.45) is 0 Å². The van der Waals surface area contributed by atoms with Gasteiger partial charge in [-0.1, -0.05) is 38.5 Å². The molecule has 0 amide bonds. The Kier molecular flexibility index (Phi) is 5.05. The molecule has 1 aliphatic heterocycles. The number of halogens is 9. The van der Waals surface area contributed by atoms with Gasteiger partial charge in [0.25, 0.3) is 0 Å². The topological polar surface area (TPSA) is 12.0 Å². The molecule has 2 atom stereocenters. The zero-order valence-corrected chi connectivity index (χ0v) is 14.3. The SMILES string of the molecule is CC1=[C]C(Br)(C(C)I)NC(C(F)(C(F)(F)F)C(F)(F)F)=C1. The highest BCUT2D eigenvalue weighted by atomic mass is 127. The van der Waals surface area contributed by atoms with Crippen molar-refractivity contribution in [2.45, 2.75) is 40.2 Å². The fourth-order valence-corrected chi connectivity index (χ4v) is 2.49. The van der Waals surface area contributed by atoms with Crippen LogP contribution in [-0.4, -0.2) is 26.4 Å². The monoisotopic (exact) mass is 494 g/mol. The second-order valence-electron chi connectivity index (χ2n) is 4.47. The van der Waals surface area contributed by atoms with Crippen molar-refractivity contribution >= 4 is 38.5 Å². The summed E-state index contributed by atoms with van der Waals surface area (Å²) in [6.45, 7) is 2.76. The Morgan fingerprint density at radius 1 is 1.19 bits per heavy atom. The van der Waals surface area contributed by atoms with Gasteiger partial charge in [0.2, 0.25) is 0 Å². The molecule has 0 saturated carbocycles. The molecule has 0 bridgehead atoms. The van der Waals surface area contributed by atoms with Crippen LogP contribution in [0.2, 0.25) is 0 Å². The fourth-order valence-electron chi connectivity index (χ4n) is 1.65. The summed E-state index contributed by atoms with van der Waals surface area (Å²) in [6, 6.07) is 0. The van der Waals surface area contributed by atoms with E-state index in [1.54, 1.807) is 22.6 Å². The highest BCUT2D eigenvalue weighted by Crippen LogP contribution is 2.51. The van der Waals surface area contributed by atoms with Gasteiger partial charge in [0, 0.05) is 3.92 Å². The first-order valence-corrected chi connectivity index (χ1v) is 7.46. The van der Waals surface area contributed by atoms with E-state index in [-0.39, 0.29) is 5.57 Å². The van der Waals surface area contributed by atoms with E-state index in [0.29, 0.717) is 6.08 Å². The van der Waals surface area contributed by atoms with E-state index in [4.69, 9.17) is 0 Å². The molecule has 1 radical (unpaired) electrons. The maximum absolute atomic E-state index is 14.0. The third-order valence-corrected chi connectivity index (χ3v) is 5.63. The third kappa shape index (κ3) is 3.35. The van der Waals surface area contributed by atoms with Gasteiger partial charge in [0.1, 0.15) is 4.45 Å². The van der Waals surface area contributed by atoms with Gasteiger partial charge in [-0.25, -0.2) is 4.39 Å². The Morgan fingerprint density at radius 2 is 1.62 bits per heavy atom. The van der Waals surface area contributed by atoms with Gasteiger partial charge >= 0.3 is 18.0 Å². The van der Waals surface area contributed by atoms with Crippen LogP contribution >= 0.6 is 38.5 Å². The number of alkyl halides is 9. The van der Waals surface area contributed by atoms with Crippen molar-refractivity contribution in [2.75, 3.05) is 0 Å². The molecule has 1 heterocycles. The van der Waals surface area contributed by atoms with Gasteiger partial charge in [0.15, 0.2) is 0 Å². The number of hydrogen-bond donors (Lipinski definition) is 1. The van der Waals surface area contributed by atoms with Gasteiger partial charge in [0.05, 0.1) is 5.70 Å². The van der Waals surface area contributed by atoms with Crippen LogP contribution in [0.4, 0.5) is 30.7 Å². The first-order chi connectivity index (χ1) is 9.15. The number of rotatable bonds is 2. The summed E-state index contributed by atoms with van der Waals surface area (Å²) in [5.41, 5.74) is -7.13. The predicted octanol–water partition coefficient (Wildman–Crippen LogP) is 4.97. The average Bonchev–Trinajstić information content (AvgIpc) is 2.23. The quantitative estimate of drug-likeness (QED) is 0.247. The fraction of sp³-hybridized carbons (Fsp3) is 0.636. The predicted molar refractivity (Wildman–Crippen MR) is 74.7 cm³/mol. The zero-order valence-electron chi connectivity index (χ0n) is 10.6. The molecule has 0 aromatic heterocycles. The summed E-state index contributed by atoms with van der Waals surface area (Å²) in [5.74, 6) is 0. The Labute approximate surface area is 138 Å². The molecule has 21 heavy (non-hydrogen) atoms. The van der Waals surface area contributed by atoms with Crippen LogP contribution in [0.5, 0.6) is 0 Å². The Hall–Kier alpha value is 0. The van der Waals surface area contributed by atoms with Crippen molar-refractivity contribution < 1.29 is 30.7 Å². The second kappa shape index (κ2) is 5.57. The van der Waals surface area contributed by atoms with Gasteiger partial charge in [-0.15, -0.1) is 0 Å². The molecular formula is C11H9BrF7IN. The van der Waals surface area contributed by atoms with Gasteiger partial charge in [-0.05, 0) is 31.6 Å². The minimum atomic E-state index is -6.15. The summed E-state index contributed by atoms with van der Waals surface area (Å²) in [7, 11) is 0. The lowest BCUT2D eigenvalue weighted by Crippen LogP contribution is -2.61. The Bertz CT molecular complexity index is 466. The lowest BCUT2D eigenvalue weighted by molar-refractivity contribution is -0.328. The Balaban J connectivity index is 3.46. The van der Waals surface area contributed by atoms with E-state index in [0.717, 1.165) is 0 Å². The molecule has 121 valence electrons. The van der Waals surface area contributed by atoms with Crippen molar-refractivity contribution in [3.05, 3.63) is 23.4 Å². The van der Waals surface area contributed by atoms with Gasteiger partial charge < -0.3 is 5.32 Å². The number of nitrogens with one attached hydrogen (secondary N) is 1. The van der Waals surface area contributed by atoms with Crippen LogP contribution in [0.3, 0.4) is 0 Å². The summed E-state index contributed by atoms with van der Waals surface area (Å²) in [6.07, 6.45) is -9.21. The summed E-state index contributed by atoms with van der Waals surface area (Å²) < 4.78 is 88.4. The van der Waals surface area contributed by atoms with Crippen LogP contribution in [0, 0.1) is 6.08 Å². The lowest BCUT2D eigenvalue weighted by atomic mass is 9.93. The molecule has 0 aromatic carbocycles. The number of dihydropyridines is 1. The van der Waals surface area contributed by atoms with E-state index in [9.17, 15) is 30.7 Å². The minimum absolute atomic E-state index is 0.0420. The molecule has 0 aromatic rings. The molecule has 1 aliphatic rings. The van der Waals surface area contributed by atoms with E-state index in [1.165, 1.54) is 13.8 Å². The molecular weight excluding hydrogens is 486 g/mol. The van der Waals surface area contributed by atoms with Gasteiger partial charge in [-0.3, -0.25) is 0 Å². The van der Waals surface area contributed by atoms with Gasteiger partial charge in [-0.2, -0.15) is 26.3 Å². The Morgan fingerprint density at radius 3 is 1.95 bits per heavy atom. The van der Waals surface area contributed by atoms with Crippen molar-refractivity contribution in [3.8, 4) is 0 Å². The number of allylic oxidation sites excluding steroid dienone is 3. The maximum atomic E-state index is 14.0. The molecule has 1 N–H and O–H groups in total.